The van der Waals surface area contributed by atoms with Gasteiger partial charge in [-0.15, -0.1) is 0 Å². The molecule has 13 heavy (non-hydrogen) atoms. The fourth-order valence-corrected chi connectivity index (χ4v) is 0.778. The number of rotatable bonds is 6. The number of hydrogen-bond donors (Lipinski definition) is 4. The largest absolute Gasteiger partial charge is 0.480 e. The van der Waals surface area contributed by atoms with Gasteiger partial charge in [0.2, 0.25) is 0 Å². The lowest BCUT2D eigenvalue weighted by molar-refractivity contribution is -0.146. The first-order valence-corrected chi connectivity index (χ1v) is 3.84. The van der Waals surface area contributed by atoms with E-state index in [-0.39, 0.29) is 19.3 Å². The van der Waals surface area contributed by atoms with Crippen molar-refractivity contribution in [1.29, 1.82) is 0 Å². The maximum atomic E-state index is 10.2. The summed E-state index contributed by atoms with van der Waals surface area (Å²) in [6, 6.07) is -0.985. The minimum atomic E-state index is -1.43. The SMILES string of the molecule is N[C@H](CCC[C@H](O)C(=O)O)C(=O)O. The van der Waals surface area contributed by atoms with Crippen molar-refractivity contribution in [3.8, 4) is 0 Å². The van der Waals surface area contributed by atoms with E-state index in [4.69, 9.17) is 21.1 Å². The third-order valence-electron chi connectivity index (χ3n) is 1.59. The fraction of sp³-hybridized carbons (Fsp3) is 0.714. The molecule has 0 amide bonds. The van der Waals surface area contributed by atoms with E-state index < -0.39 is 24.1 Å². The predicted molar refractivity (Wildman–Crippen MR) is 43.1 cm³/mol. The summed E-state index contributed by atoms with van der Waals surface area (Å²) in [5.41, 5.74) is 5.15. The zero-order valence-electron chi connectivity index (χ0n) is 7.01. The summed E-state index contributed by atoms with van der Waals surface area (Å²) in [7, 11) is 0. The number of aliphatic hydroxyl groups excluding tert-OH is 1. The van der Waals surface area contributed by atoms with Crippen LogP contribution in [0.1, 0.15) is 19.3 Å². The van der Waals surface area contributed by atoms with E-state index in [2.05, 4.69) is 0 Å². The van der Waals surface area contributed by atoms with Gasteiger partial charge in [-0.1, -0.05) is 0 Å². The minimum Gasteiger partial charge on any atom is -0.480 e. The zero-order valence-corrected chi connectivity index (χ0v) is 7.01. The smallest absolute Gasteiger partial charge is 0.332 e. The molecule has 2 atom stereocenters. The van der Waals surface area contributed by atoms with Crippen LogP contribution in [0.4, 0.5) is 0 Å². The molecule has 0 heterocycles. The summed E-state index contributed by atoms with van der Waals surface area (Å²) in [4.78, 5) is 20.3. The van der Waals surface area contributed by atoms with Crippen LogP contribution in [-0.4, -0.2) is 39.4 Å². The van der Waals surface area contributed by atoms with Gasteiger partial charge in [-0.2, -0.15) is 0 Å². The first kappa shape index (κ1) is 11.9. The van der Waals surface area contributed by atoms with Crippen LogP contribution in [0.15, 0.2) is 0 Å². The molecule has 0 fully saturated rings. The molecule has 0 rings (SSSR count). The summed E-state index contributed by atoms with van der Waals surface area (Å²) in [6.45, 7) is 0. The summed E-state index contributed by atoms with van der Waals surface area (Å²) < 4.78 is 0. The highest BCUT2D eigenvalue weighted by molar-refractivity contribution is 5.73. The molecule has 0 saturated carbocycles. The predicted octanol–water partition coefficient (Wildman–Crippen LogP) is -0.986. The second kappa shape index (κ2) is 5.50. The molecule has 0 aromatic rings. The topological polar surface area (TPSA) is 121 Å². The molecule has 0 aliphatic carbocycles. The van der Waals surface area contributed by atoms with Crippen LogP contribution >= 0.6 is 0 Å². The van der Waals surface area contributed by atoms with Crippen LogP contribution in [0.5, 0.6) is 0 Å². The van der Waals surface area contributed by atoms with E-state index in [1.807, 2.05) is 0 Å². The molecule has 0 unspecified atom stereocenters. The highest BCUT2D eigenvalue weighted by Gasteiger charge is 2.15. The maximum Gasteiger partial charge on any atom is 0.332 e. The van der Waals surface area contributed by atoms with Crippen molar-refractivity contribution in [2.75, 3.05) is 0 Å². The number of aliphatic carboxylic acids is 2. The van der Waals surface area contributed by atoms with Crippen molar-refractivity contribution in [1.82, 2.24) is 0 Å². The summed E-state index contributed by atoms with van der Waals surface area (Å²) in [5.74, 6) is -2.42. The van der Waals surface area contributed by atoms with Gasteiger partial charge >= 0.3 is 11.9 Å². The van der Waals surface area contributed by atoms with E-state index in [0.29, 0.717) is 0 Å². The van der Waals surface area contributed by atoms with Gasteiger partial charge < -0.3 is 21.1 Å². The standard InChI is InChI=1S/C7H13NO5/c8-4(6(10)11)2-1-3-5(9)7(12)13/h4-5,9H,1-3,8H2,(H,10,11)(H,12,13)/t4-,5+/m1/s1. The molecule has 6 nitrogen and oxygen atoms in total. The minimum absolute atomic E-state index is 0.0241. The van der Waals surface area contributed by atoms with E-state index in [0.717, 1.165) is 0 Å². The van der Waals surface area contributed by atoms with Gasteiger partial charge in [-0.3, -0.25) is 4.79 Å². The van der Waals surface area contributed by atoms with Crippen molar-refractivity contribution in [3.05, 3.63) is 0 Å². The Morgan fingerprint density at radius 2 is 1.69 bits per heavy atom. The lowest BCUT2D eigenvalue weighted by Crippen LogP contribution is -2.30. The molecule has 0 saturated heterocycles. The van der Waals surface area contributed by atoms with Gasteiger partial charge in [0, 0.05) is 0 Å². The second-order valence-corrected chi connectivity index (χ2v) is 2.73. The quantitative estimate of drug-likeness (QED) is 0.428. The Morgan fingerprint density at radius 1 is 1.15 bits per heavy atom. The van der Waals surface area contributed by atoms with E-state index in [1.165, 1.54) is 0 Å². The number of carboxylic acids is 2. The monoisotopic (exact) mass is 191 g/mol. The molecule has 0 spiro atoms. The van der Waals surface area contributed by atoms with Crippen LogP contribution in [0.3, 0.4) is 0 Å². The molecule has 0 aliphatic heterocycles. The van der Waals surface area contributed by atoms with Gasteiger partial charge in [0.05, 0.1) is 0 Å². The molecular formula is C7H13NO5. The average molecular weight is 191 g/mol. The van der Waals surface area contributed by atoms with Gasteiger partial charge in [-0.05, 0) is 19.3 Å². The van der Waals surface area contributed by atoms with Crippen LogP contribution in [0, 0.1) is 0 Å². The molecule has 5 N–H and O–H groups in total. The average Bonchev–Trinajstić information content (AvgIpc) is 2.03. The van der Waals surface area contributed by atoms with Crippen molar-refractivity contribution < 1.29 is 24.9 Å². The Bertz CT molecular complexity index is 173. The van der Waals surface area contributed by atoms with E-state index >= 15 is 0 Å². The fourth-order valence-electron chi connectivity index (χ4n) is 0.778. The van der Waals surface area contributed by atoms with Gasteiger partial charge in [0.1, 0.15) is 6.04 Å². The normalized spacial score (nSPS) is 14.9. The molecular weight excluding hydrogens is 178 g/mol. The third-order valence-corrected chi connectivity index (χ3v) is 1.59. The Balaban J connectivity index is 3.56. The Kier molecular flexibility index (Phi) is 5.01. The Hall–Kier alpha value is -1.14. The second-order valence-electron chi connectivity index (χ2n) is 2.73. The lowest BCUT2D eigenvalue weighted by Gasteiger charge is -2.07. The molecule has 0 aromatic carbocycles. The van der Waals surface area contributed by atoms with E-state index in [9.17, 15) is 9.59 Å². The summed E-state index contributed by atoms with van der Waals surface area (Å²) in [5, 5.41) is 25.4. The van der Waals surface area contributed by atoms with Crippen molar-refractivity contribution in [2.24, 2.45) is 5.73 Å². The number of carboxylic acid groups (broad SMARTS) is 2. The highest BCUT2D eigenvalue weighted by Crippen LogP contribution is 2.03. The third kappa shape index (κ3) is 5.15. The molecule has 0 aromatic heterocycles. The molecule has 0 radical (unpaired) electrons. The van der Waals surface area contributed by atoms with Crippen molar-refractivity contribution in [3.63, 3.8) is 0 Å². The van der Waals surface area contributed by atoms with Crippen LogP contribution in [-0.2, 0) is 9.59 Å². The van der Waals surface area contributed by atoms with Gasteiger partial charge in [-0.25, -0.2) is 4.79 Å². The van der Waals surface area contributed by atoms with Crippen molar-refractivity contribution >= 4 is 11.9 Å². The first-order chi connectivity index (χ1) is 5.95. The maximum absolute atomic E-state index is 10.2. The van der Waals surface area contributed by atoms with Gasteiger partial charge in [0.15, 0.2) is 6.10 Å². The molecule has 76 valence electrons. The van der Waals surface area contributed by atoms with E-state index in [1.54, 1.807) is 0 Å². The number of aliphatic hydroxyl groups is 1. The number of hydrogen-bond acceptors (Lipinski definition) is 4. The summed E-state index contributed by atoms with van der Waals surface area (Å²) in [6.07, 6.45) is -0.960. The van der Waals surface area contributed by atoms with Crippen LogP contribution in [0.25, 0.3) is 0 Å². The van der Waals surface area contributed by atoms with Gasteiger partial charge in [0.25, 0.3) is 0 Å². The summed E-state index contributed by atoms with van der Waals surface area (Å²) >= 11 is 0. The highest BCUT2D eigenvalue weighted by atomic mass is 16.4. The molecule has 0 bridgehead atoms. The van der Waals surface area contributed by atoms with Crippen molar-refractivity contribution in [2.45, 2.75) is 31.4 Å². The molecule has 6 heteroatoms. The zero-order chi connectivity index (χ0) is 10.4. The lowest BCUT2D eigenvalue weighted by atomic mass is 10.1. The Morgan fingerprint density at radius 3 is 2.08 bits per heavy atom. The first-order valence-electron chi connectivity index (χ1n) is 3.84. The van der Waals surface area contributed by atoms with Crippen LogP contribution in [0.2, 0.25) is 0 Å². The Labute approximate surface area is 75.0 Å². The number of carbonyl (C=O) groups is 2. The number of nitrogens with two attached hydrogens (primary N) is 1. The van der Waals surface area contributed by atoms with Crippen LogP contribution < -0.4 is 5.73 Å². The molecule has 0 aliphatic rings.